The summed E-state index contributed by atoms with van der Waals surface area (Å²) >= 11 is 6.18. The van der Waals surface area contributed by atoms with E-state index >= 15 is 0 Å². The summed E-state index contributed by atoms with van der Waals surface area (Å²) in [6.45, 7) is 5.44. The lowest BCUT2D eigenvalue weighted by Gasteiger charge is -2.28. The van der Waals surface area contributed by atoms with Gasteiger partial charge in [-0.1, -0.05) is 25.1 Å². The molecule has 0 radical (unpaired) electrons. The van der Waals surface area contributed by atoms with Gasteiger partial charge in [0.2, 0.25) is 0 Å². The first kappa shape index (κ1) is 12.7. The van der Waals surface area contributed by atoms with Gasteiger partial charge in [-0.15, -0.1) is 11.6 Å². The van der Waals surface area contributed by atoms with Crippen LogP contribution >= 0.6 is 11.6 Å². The Morgan fingerprint density at radius 1 is 1.37 bits per heavy atom. The number of nitrogens with zero attached hydrogens (tertiary/aromatic N) is 2. The quantitative estimate of drug-likeness (QED) is 0.770. The van der Waals surface area contributed by atoms with Gasteiger partial charge in [-0.25, -0.2) is 0 Å². The molecule has 2 nitrogen and oxygen atoms in total. The van der Waals surface area contributed by atoms with Crippen LogP contribution in [0.4, 0.5) is 5.69 Å². The standard InChI is InChI=1S/C16H19ClN2/c1-11-7-8-19(16(11)10-17)15-9-12(2)18-14-6-4-3-5-13(14)15/h3-6,9,11,16H,7-8,10H2,1-2H3. The highest BCUT2D eigenvalue weighted by Crippen LogP contribution is 2.34. The van der Waals surface area contributed by atoms with E-state index in [0.717, 1.165) is 17.8 Å². The van der Waals surface area contributed by atoms with Crippen LogP contribution in [-0.2, 0) is 0 Å². The van der Waals surface area contributed by atoms with Gasteiger partial charge in [0.05, 0.1) is 5.52 Å². The average molecular weight is 275 g/mol. The normalized spacial score (nSPS) is 23.2. The number of alkyl halides is 1. The van der Waals surface area contributed by atoms with Gasteiger partial charge in [0.1, 0.15) is 0 Å². The molecule has 1 aliphatic rings. The second-order valence-corrected chi connectivity index (χ2v) is 5.79. The van der Waals surface area contributed by atoms with Gasteiger partial charge < -0.3 is 4.90 Å². The van der Waals surface area contributed by atoms with Crippen LogP contribution < -0.4 is 4.90 Å². The van der Waals surface area contributed by atoms with E-state index in [9.17, 15) is 0 Å². The minimum absolute atomic E-state index is 0.437. The van der Waals surface area contributed by atoms with Gasteiger partial charge in [0.15, 0.2) is 0 Å². The molecule has 2 aromatic rings. The molecule has 19 heavy (non-hydrogen) atoms. The van der Waals surface area contributed by atoms with Gasteiger partial charge in [-0.2, -0.15) is 0 Å². The van der Waals surface area contributed by atoms with Crippen molar-refractivity contribution in [3.8, 4) is 0 Å². The molecule has 3 heteroatoms. The molecule has 2 heterocycles. The minimum Gasteiger partial charge on any atom is -0.366 e. The summed E-state index contributed by atoms with van der Waals surface area (Å²) in [5.41, 5.74) is 3.44. The molecule has 1 aliphatic heterocycles. The smallest absolute Gasteiger partial charge is 0.0726 e. The van der Waals surface area contributed by atoms with E-state index in [4.69, 9.17) is 11.6 Å². The molecule has 0 bridgehead atoms. The predicted octanol–water partition coefficient (Wildman–Crippen LogP) is 4.00. The summed E-state index contributed by atoms with van der Waals surface area (Å²) < 4.78 is 0. The lowest BCUT2D eigenvalue weighted by molar-refractivity contribution is 0.550. The molecular weight excluding hydrogens is 256 g/mol. The van der Waals surface area contributed by atoms with Crippen LogP contribution in [0.3, 0.4) is 0 Å². The Bertz CT molecular complexity index is 596. The van der Waals surface area contributed by atoms with Gasteiger partial charge in [0.25, 0.3) is 0 Å². The maximum absolute atomic E-state index is 6.18. The van der Waals surface area contributed by atoms with Crippen molar-refractivity contribution in [1.29, 1.82) is 0 Å². The lowest BCUT2D eigenvalue weighted by atomic mass is 10.0. The van der Waals surface area contributed by atoms with E-state index in [1.165, 1.54) is 17.5 Å². The topological polar surface area (TPSA) is 16.1 Å². The predicted molar refractivity (Wildman–Crippen MR) is 82.1 cm³/mol. The molecule has 100 valence electrons. The van der Waals surface area contributed by atoms with E-state index in [0.29, 0.717) is 17.8 Å². The van der Waals surface area contributed by atoms with Gasteiger partial charge >= 0.3 is 0 Å². The average Bonchev–Trinajstić information content (AvgIpc) is 2.78. The largest absolute Gasteiger partial charge is 0.366 e. The maximum Gasteiger partial charge on any atom is 0.0726 e. The van der Waals surface area contributed by atoms with Crippen LogP contribution in [0.25, 0.3) is 10.9 Å². The molecule has 0 saturated carbocycles. The Labute approximate surface area is 119 Å². The highest BCUT2D eigenvalue weighted by atomic mass is 35.5. The summed E-state index contributed by atoms with van der Waals surface area (Å²) in [7, 11) is 0. The molecular formula is C16H19ClN2. The van der Waals surface area contributed by atoms with Gasteiger partial charge in [-0.05, 0) is 31.4 Å². The zero-order valence-electron chi connectivity index (χ0n) is 11.4. The monoisotopic (exact) mass is 274 g/mol. The Morgan fingerprint density at radius 2 is 2.16 bits per heavy atom. The van der Waals surface area contributed by atoms with E-state index in [2.05, 4.69) is 48.0 Å². The number of pyridine rings is 1. The van der Waals surface area contributed by atoms with Crippen LogP contribution in [0.15, 0.2) is 30.3 Å². The fourth-order valence-electron chi connectivity index (χ4n) is 3.07. The van der Waals surface area contributed by atoms with Crippen molar-refractivity contribution in [2.24, 2.45) is 5.92 Å². The highest BCUT2D eigenvalue weighted by Gasteiger charge is 2.31. The van der Waals surface area contributed by atoms with Crippen molar-refractivity contribution >= 4 is 28.2 Å². The molecule has 1 saturated heterocycles. The second-order valence-electron chi connectivity index (χ2n) is 5.48. The fourth-order valence-corrected chi connectivity index (χ4v) is 3.54. The van der Waals surface area contributed by atoms with E-state index < -0.39 is 0 Å². The summed E-state index contributed by atoms with van der Waals surface area (Å²) in [4.78, 5) is 7.08. The molecule has 0 N–H and O–H groups in total. The maximum atomic E-state index is 6.18. The van der Waals surface area contributed by atoms with E-state index in [1.54, 1.807) is 0 Å². The Balaban J connectivity index is 2.14. The first-order valence-corrected chi connectivity index (χ1v) is 7.43. The molecule has 1 aromatic carbocycles. The molecule has 3 rings (SSSR count). The zero-order chi connectivity index (χ0) is 13.4. The number of hydrogen-bond donors (Lipinski definition) is 0. The number of anilines is 1. The molecule has 0 aliphatic carbocycles. The van der Waals surface area contributed by atoms with Gasteiger partial charge in [0, 0.05) is 35.2 Å². The fraction of sp³-hybridized carbons (Fsp3) is 0.438. The summed E-state index contributed by atoms with van der Waals surface area (Å²) in [5, 5.41) is 1.23. The van der Waals surface area contributed by atoms with E-state index in [1.807, 2.05) is 6.07 Å². The van der Waals surface area contributed by atoms with Gasteiger partial charge in [-0.3, -0.25) is 4.98 Å². The van der Waals surface area contributed by atoms with Crippen molar-refractivity contribution in [3.05, 3.63) is 36.0 Å². The van der Waals surface area contributed by atoms with Crippen LogP contribution in [0.1, 0.15) is 19.0 Å². The molecule has 1 aromatic heterocycles. The third-order valence-corrected chi connectivity index (χ3v) is 4.49. The third-order valence-electron chi connectivity index (χ3n) is 4.17. The molecule has 0 spiro atoms. The summed E-state index contributed by atoms with van der Waals surface area (Å²) in [5.74, 6) is 1.35. The number of aryl methyl sites for hydroxylation is 1. The number of aromatic nitrogens is 1. The van der Waals surface area contributed by atoms with Crippen LogP contribution in [0.2, 0.25) is 0 Å². The Hall–Kier alpha value is -1.28. The number of fused-ring (bicyclic) bond motifs is 1. The van der Waals surface area contributed by atoms with Crippen LogP contribution in [0.5, 0.6) is 0 Å². The summed E-state index contributed by atoms with van der Waals surface area (Å²) in [6.07, 6.45) is 1.22. The minimum atomic E-state index is 0.437. The zero-order valence-corrected chi connectivity index (χ0v) is 12.2. The SMILES string of the molecule is Cc1cc(N2CCC(C)C2CCl)c2ccccc2n1. The van der Waals surface area contributed by atoms with Crippen molar-refractivity contribution in [3.63, 3.8) is 0 Å². The highest BCUT2D eigenvalue weighted by molar-refractivity contribution is 6.18. The molecule has 2 atom stereocenters. The first-order chi connectivity index (χ1) is 9.20. The number of benzene rings is 1. The second kappa shape index (κ2) is 5.01. The Morgan fingerprint density at radius 3 is 2.95 bits per heavy atom. The number of para-hydroxylation sites is 1. The molecule has 0 amide bonds. The number of halogens is 1. The number of rotatable bonds is 2. The summed E-state index contributed by atoms with van der Waals surface area (Å²) in [6, 6.07) is 11.0. The third kappa shape index (κ3) is 2.18. The van der Waals surface area contributed by atoms with E-state index in [-0.39, 0.29) is 0 Å². The Kier molecular flexibility index (Phi) is 3.36. The molecule has 2 unspecified atom stereocenters. The first-order valence-electron chi connectivity index (χ1n) is 6.89. The lowest BCUT2D eigenvalue weighted by Crippen LogP contribution is -2.33. The molecule has 1 fully saturated rings. The van der Waals surface area contributed by atoms with Crippen molar-refractivity contribution in [2.45, 2.75) is 26.3 Å². The van der Waals surface area contributed by atoms with Crippen molar-refractivity contribution < 1.29 is 0 Å². The van der Waals surface area contributed by atoms with Crippen molar-refractivity contribution in [2.75, 3.05) is 17.3 Å². The van der Waals surface area contributed by atoms with Crippen LogP contribution in [0, 0.1) is 12.8 Å². The number of hydrogen-bond acceptors (Lipinski definition) is 2. The van der Waals surface area contributed by atoms with Crippen molar-refractivity contribution in [1.82, 2.24) is 4.98 Å². The van der Waals surface area contributed by atoms with Crippen LogP contribution in [-0.4, -0.2) is 23.5 Å².